The Balaban J connectivity index is 1.27. The molecule has 17 atom stereocenters. The Labute approximate surface area is 493 Å². The maximum absolute atomic E-state index is 13.2. The molecule has 19 nitrogen and oxygen atoms in total. The molecule has 3 aliphatic heterocycles. The molecule has 3 saturated heterocycles. The van der Waals surface area contributed by atoms with E-state index in [1.165, 1.54) is 180 Å². The smallest absolute Gasteiger partial charge is 0.220 e. The van der Waals surface area contributed by atoms with Crippen LogP contribution < -0.4 is 5.32 Å². The second-order valence-electron chi connectivity index (χ2n) is 23.9. The largest absolute Gasteiger partial charge is 0.394 e. The fourth-order valence-corrected chi connectivity index (χ4v) is 11.4. The molecule has 12 N–H and O–H groups in total. The Morgan fingerprint density at radius 3 is 1.15 bits per heavy atom. The molecule has 0 aliphatic carbocycles. The Hall–Kier alpha value is -1.47. The number of hydrogen-bond donors (Lipinski definition) is 12. The topological polar surface area (TPSA) is 307 Å². The third kappa shape index (κ3) is 29.5. The van der Waals surface area contributed by atoms with Gasteiger partial charge in [0.05, 0.1) is 38.6 Å². The first kappa shape index (κ1) is 74.8. The highest BCUT2D eigenvalue weighted by Gasteiger charge is 2.53. The quantitative estimate of drug-likeness (QED) is 0.0210. The first-order chi connectivity index (χ1) is 39.8. The first-order valence-corrected chi connectivity index (χ1v) is 32.9. The van der Waals surface area contributed by atoms with Gasteiger partial charge in [-0.2, -0.15) is 0 Å². The molecule has 19 heteroatoms. The monoisotopic (exact) mass is 1180 g/mol. The van der Waals surface area contributed by atoms with Crippen LogP contribution in [0.3, 0.4) is 0 Å². The van der Waals surface area contributed by atoms with Gasteiger partial charge < -0.3 is 89.9 Å². The SMILES string of the molecule is CCCCC/C=C/C(O)C(COC1OC(CO)C(OC2OC(CO)C(OC3OC(CO)C(O)C(O)C3O)C(O)C2O)C(O)C1O)NC(=O)CCCCCCCCCCCCCCCCCCCCCCCCCCCCCCCCCC. The molecule has 484 valence electrons. The van der Waals surface area contributed by atoms with Crippen LogP contribution in [0, 0.1) is 0 Å². The number of nitrogens with one attached hydrogen (secondary N) is 1. The summed E-state index contributed by atoms with van der Waals surface area (Å²) in [6.07, 6.45) is 23.1. The van der Waals surface area contributed by atoms with Gasteiger partial charge in [-0.25, -0.2) is 0 Å². The van der Waals surface area contributed by atoms with E-state index in [9.17, 15) is 61.0 Å². The standard InChI is InChI=1S/C63H119NO18/c1-3-5-7-9-10-11-12-13-14-15-16-17-18-19-20-21-22-23-24-25-26-27-28-29-30-31-32-33-34-35-37-39-41-51(69)64-46(47(68)40-38-36-8-6-4-2)45-77-61-57(75)54(72)59(49(43-66)79-61)82-63-58(76)55(73)60(50(44-67)80-63)81-62-56(74)53(71)52(70)48(42-65)78-62/h38,40,46-50,52-63,65-68,70-76H,3-37,39,41-45H2,1-2H3,(H,64,69)/b40-38+. The van der Waals surface area contributed by atoms with Crippen molar-refractivity contribution in [1.29, 1.82) is 0 Å². The van der Waals surface area contributed by atoms with Gasteiger partial charge in [-0.15, -0.1) is 0 Å². The number of amides is 1. The molecular formula is C63H119NO18. The molecule has 0 saturated carbocycles. The van der Waals surface area contributed by atoms with E-state index in [-0.39, 0.29) is 18.9 Å². The van der Waals surface area contributed by atoms with E-state index in [0.717, 1.165) is 44.9 Å². The molecule has 0 aromatic rings. The maximum Gasteiger partial charge on any atom is 0.220 e. The third-order valence-corrected chi connectivity index (χ3v) is 16.8. The van der Waals surface area contributed by atoms with Crippen LogP contribution in [-0.4, -0.2) is 193 Å². The van der Waals surface area contributed by atoms with Crippen molar-refractivity contribution < 1.29 is 89.4 Å². The van der Waals surface area contributed by atoms with Crippen molar-refractivity contribution in [3.05, 3.63) is 12.2 Å². The van der Waals surface area contributed by atoms with Crippen molar-refractivity contribution in [3.63, 3.8) is 0 Å². The Morgan fingerprint density at radius 2 is 0.756 bits per heavy atom. The van der Waals surface area contributed by atoms with Gasteiger partial charge in [-0.05, 0) is 19.3 Å². The molecule has 0 radical (unpaired) electrons. The van der Waals surface area contributed by atoms with Gasteiger partial charge in [0, 0.05) is 6.42 Å². The highest BCUT2D eigenvalue weighted by molar-refractivity contribution is 5.76. The van der Waals surface area contributed by atoms with Crippen LogP contribution in [0.4, 0.5) is 0 Å². The lowest BCUT2D eigenvalue weighted by molar-refractivity contribution is -0.379. The molecule has 3 rings (SSSR count). The number of rotatable bonds is 50. The highest BCUT2D eigenvalue weighted by Crippen LogP contribution is 2.33. The van der Waals surface area contributed by atoms with Crippen molar-refractivity contribution in [1.82, 2.24) is 5.32 Å². The maximum atomic E-state index is 13.2. The lowest BCUT2D eigenvalue weighted by Gasteiger charge is -2.48. The number of aliphatic hydroxyl groups is 11. The van der Waals surface area contributed by atoms with E-state index in [0.29, 0.717) is 6.42 Å². The van der Waals surface area contributed by atoms with Crippen molar-refractivity contribution in [3.8, 4) is 0 Å². The Kier molecular flexibility index (Phi) is 42.5. The summed E-state index contributed by atoms with van der Waals surface area (Å²) in [7, 11) is 0. The summed E-state index contributed by atoms with van der Waals surface area (Å²) >= 11 is 0. The number of aliphatic hydroxyl groups excluding tert-OH is 11. The molecule has 1 amide bonds. The van der Waals surface area contributed by atoms with Crippen LogP contribution in [0.25, 0.3) is 0 Å². The van der Waals surface area contributed by atoms with Crippen molar-refractivity contribution in [2.45, 2.75) is 356 Å². The Morgan fingerprint density at radius 1 is 0.427 bits per heavy atom. The van der Waals surface area contributed by atoms with Gasteiger partial charge in [-0.1, -0.05) is 238 Å². The van der Waals surface area contributed by atoms with Crippen LogP contribution in [0.5, 0.6) is 0 Å². The van der Waals surface area contributed by atoms with E-state index in [2.05, 4.69) is 19.2 Å². The summed E-state index contributed by atoms with van der Waals surface area (Å²) in [6.45, 7) is 1.62. The minimum Gasteiger partial charge on any atom is -0.394 e. The predicted molar refractivity (Wildman–Crippen MR) is 314 cm³/mol. The molecule has 0 aromatic heterocycles. The average molecular weight is 1180 g/mol. The second-order valence-corrected chi connectivity index (χ2v) is 23.9. The van der Waals surface area contributed by atoms with Crippen LogP contribution in [-0.2, 0) is 33.2 Å². The fraction of sp³-hybridized carbons (Fsp3) is 0.952. The van der Waals surface area contributed by atoms with Gasteiger partial charge >= 0.3 is 0 Å². The fourth-order valence-electron chi connectivity index (χ4n) is 11.4. The lowest BCUT2D eigenvalue weighted by atomic mass is 9.96. The predicted octanol–water partition coefficient (Wildman–Crippen LogP) is 7.33. The number of ether oxygens (including phenoxy) is 6. The number of allylic oxidation sites excluding steroid dienone is 1. The summed E-state index contributed by atoms with van der Waals surface area (Å²) in [5, 5.41) is 120. The van der Waals surface area contributed by atoms with Crippen LogP contribution in [0.1, 0.15) is 251 Å². The van der Waals surface area contributed by atoms with E-state index in [1.807, 2.05) is 6.08 Å². The average Bonchev–Trinajstić information content (AvgIpc) is 3.67. The van der Waals surface area contributed by atoms with Crippen molar-refractivity contribution in [2.75, 3.05) is 26.4 Å². The third-order valence-electron chi connectivity index (χ3n) is 16.8. The zero-order chi connectivity index (χ0) is 59.7. The normalized spacial score (nSPS) is 29.6. The number of carbonyl (C=O) groups is 1. The van der Waals surface area contributed by atoms with Crippen molar-refractivity contribution >= 4 is 5.91 Å². The van der Waals surface area contributed by atoms with Gasteiger partial charge in [-0.3, -0.25) is 4.79 Å². The zero-order valence-corrected chi connectivity index (χ0v) is 50.7. The minimum atomic E-state index is -1.97. The van der Waals surface area contributed by atoms with E-state index in [1.54, 1.807) is 6.08 Å². The summed E-state index contributed by atoms with van der Waals surface area (Å²) < 4.78 is 34.1. The van der Waals surface area contributed by atoms with Gasteiger partial charge in [0.2, 0.25) is 5.91 Å². The summed E-state index contributed by atoms with van der Waals surface area (Å²) in [6, 6.07) is -0.964. The second kappa shape index (κ2) is 46.7. The molecule has 0 spiro atoms. The van der Waals surface area contributed by atoms with Crippen molar-refractivity contribution in [2.24, 2.45) is 0 Å². The lowest BCUT2D eigenvalue weighted by Crippen LogP contribution is -2.66. The molecule has 17 unspecified atom stereocenters. The van der Waals surface area contributed by atoms with E-state index in [4.69, 9.17) is 28.4 Å². The number of carbonyl (C=O) groups excluding carboxylic acids is 1. The molecule has 3 fully saturated rings. The molecule has 3 heterocycles. The number of unbranched alkanes of at least 4 members (excludes halogenated alkanes) is 34. The summed E-state index contributed by atoms with van der Waals surface area (Å²) in [5.41, 5.74) is 0. The van der Waals surface area contributed by atoms with Gasteiger partial charge in [0.25, 0.3) is 0 Å². The molecule has 0 aromatic carbocycles. The van der Waals surface area contributed by atoms with E-state index >= 15 is 0 Å². The molecular weight excluding hydrogens is 1060 g/mol. The zero-order valence-electron chi connectivity index (χ0n) is 50.7. The molecule has 82 heavy (non-hydrogen) atoms. The van der Waals surface area contributed by atoms with Gasteiger partial charge in [0.1, 0.15) is 73.2 Å². The summed E-state index contributed by atoms with van der Waals surface area (Å²) in [4.78, 5) is 13.2. The minimum absolute atomic E-state index is 0.247. The molecule has 3 aliphatic rings. The van der Waals surface area contributed by atoms with Crippen LogP contribution >= 0.6 is 0 Å². The first-order valence-electron chi connectivity index (χ1n) is 32.9. The Bertz CT molecular complexity index is 1550. The van der Waals surface area contributed by atoms with Gasteiger partial charge in [0.15, 0.2) is 18.9 Å². The summed E-state index contributed by atoms with van der Waals surface area (Å²) in [5.74, 6) is -0.278. The number of hydrogen-bond acceptors (Lipinski definition) is 18. The van der Waals surface area contributed by atoms with Crippen LogP contribution in [0.2, 0.25) is 0 Å². The van der Waals surface area contributed by atoms with E-state index < -0.39 is 124 Å². The highest BCUT2D eigenvalue weighted by atomic mass is 16.8. The molecule has 0 bridgehead atoms. The van der Waals surface area contributed by atoms with Crippen LogP contribution in [0.15, 0.2) is 12.2 Å².